The van der Waals surface area contributed by atoms with Gasteiger partial charge in [0.25, 0.3) is 0 Å². The minimum Gasteiger partial charge on any atom is -0.463 e. The molecular formula is C107H178O16P2. The zero-order chi connectivity index (χ0) is 90.7. The van der Waals surface area contributed by atoms with E-state index in [1.807, 2.05) is 0 Å². The Morgan fingerprint density at radius 3 is 0.648 bits per heavy atom. The lowest BCUT2D eigenvalue weighted by atomic mass is 10.0. The number of esters is 3. The number of unbranched alkanes of at least 4 members (excludes halogenated alkanes) is 35. The average molecular weight is 1780 g/mol. The normalized spacial score (nSPS) is 14.6. The molecule has 0 aliphatic heterocycles. The van der Waals surface area contributed by atoms with Crippen molar-refractivity contribution in [3.05, 3.63) is 207 Å². The van der Waals surface area contributed by atoms with Crippen LogP contribution < -0.4 is 0 Å². The second-order valence-electron chi connectivity index (χ2n) is 32.4. The fraction of sp³-hybridized carbons (Fsp3) is 0.654. The van der Waals surface area contributed by atoms with Crippen LogP contribution in [0, 0.1) is 0 Å². The van der Waals surface area contributed by atoms with Crippen molar-refractivity contribution >= 4 is 33.6 Å². The van der Waals surface area contributed by atoms with Gasteiger partial charge < -0.3 is 34.2 Å². The van der Waals surface area contributed by atoms with Crippen LogP contribution in [-0.4, -0.2) is 95.9 Å². The van der Waals surface area contributed by atoms with Gasteiger partial charge in [0, 0.05) is 19.3 Å². The van der Waals surface area contributed by atoms with Gasteiger partial charge in [0.05, 0.1) is 26.4 Å². The summed E-state index contributed by atoms with van der Waals surface area (Å²) in [7, 11) is -9.84. The van der Waals surface area contributed by atoms with E-state index in [0.29, 0.717) is 25.7 Å². The van der Waals surface area contributed by atoms with Crippen molar-refractivity contribution in [3.63, 3.8) is 0 Å². The molecule has 0 saturated heterocycles. The van der Waals surface area contributed by atoms with Crippen LogP contribution in [-0.2, 0) is 55.8 Å². The van der Waals surface area contributed by atoms with Crippen LogP contribution >= 0.6 is 15.6 Å². The van der Waals surface area contributed by atoms with Gasteiger partial charge in [-0.15, -0.1) is 0 Å². The Bertz CT molecular complexity index is 3100. The van der Waals surface area contributed by atoms with E-state index < -0.39 is 91.5 Å². The number of hydrogen-bond donors (Lipinski definition) is 4. The molecule has 0 aromatic carbocycles. The predicted molar refractivity (Wildman–Crippen MR) is 527 cm³/mol. The lowest BCUT2D eigenvalue weighted by Crippen LogP contribution is -2.30. The highest BCUT2D eigenvalue weighted by atomic mass is 31.2. The monoisotopic (exact) mass is 1780 g/mol. The van der Waals surface area contributed by atoms with Crippen LogP contribution in [0.25, 0.3) is 0 Å². The Hall–Kier alpha value is -5.87. The fourth-order valence-corrected chi connectivity index (χ4v) is 14.7. The third-order valence-electron chi connectivity index (χ3n) is 20.5. The third-order valence-corrected chi connectivity index (χ3v) is 22.4. The van der Waals surface area contributed by atoms with Crippen molar-refractivity contribution in [1.82, 2.24) is 0 Å². The van der Waals surface area contributed by atoms with Crippen molar-refractivity contribution in [3.8, 4) is 0 Å². The van der Waals surface area contributed by atoms with Gasteiger partial charge in [0.15, 0.2) is 6.10 Å². The lowest BCUT2D eigenvalue weighted by molar-refractivity contribution is -0.161. The third kappa shape index (κ3) is 98.6. The highest BCUT2D eigenvalue weighted by Gasteiger charge is 2.30. The standard InChI is InChI=1S/C107H178O16P2/c1-4-7-10-13-16-19-22-25-28-31-34-37-39-41-43-45-47-49-50-52-54-55-57-59-61-64-66-69-72-75-78-81-84-87-90-93-105(110)117-96-102(108)97-119-124(113,114)120-98-103(109)99-121-125(115,116)122-101-104(123-107(112)95-92-89-86-83-80-77-74-71-68-63-36-33-30-27-24-21-18-15-12-9-6-3)100-118-106(111)94-91-88-85-82-79-76-73-70-67-65-62-60-58-56-53-51-48-46-44-42-40-38-35-32-29-26-23-20-17-14-11-8-5-2/h7-12,16-21,25-30,34-38,41-44,48,51,63,71,74,80,83,102-104,108-109H,4-6,13-15,22-24,31-33,39-40,45-47,49-50,52-62,64-70,72-73,75-79,81-82,84-101H2,1-3H3,(H,113,114)(H,115,116)/b10-7-,11-8-,12-9-,19-16-,20-17-,21-18-,28-25-,29-26-,30-27-,37-34-,38-35-,43-41-,44-42-,51-48-,63-36-,74-71-,83-80-. The molecule has 0 spiro atoms. The largest absolute Gasteiger partial charge is 0.472 e. The van der Waals surface area contributed by atoms with Crippen LogP contribution in [0.1, 0.15) is 393 Å². The summed E-state index contributed by atoms with van der Waals surface area (Å²) < 4.78 is 61.5. The summed E-state index contributed by atoms with van der Waals surface area (Å²) in [6, 6.07) is 0. The molecule has 4 N–H and O–H groups in total. The lowest BCUT2D eigenvalue weighted by Gasteiger charge is -2.21. The Morgan fingerprint density at radius 2 is 0.400 bits per heavy atom. The molecule has 18 heteroatoms. The molecule has 0 heterocycles. The van der Waals surface area contributed by atoms with E-state index in [9.17, 15) is 43.5 Å². The van der Waals surface area contributed by atoms with Crippen molar-refractivity contribution in [2.24, 2.45) is 0 Å². The summed E-state index contributed by atoms with van der Waals surface area (Å²) in [6.45, 7) is 2.33. The van der Waals surface area contributed by atoms with E-state index in [2.05, 4.69) is 227 Å². The molecule has 712 valence electrons. The van der Waals surface area contributed by atoms with Crippen molar-refractivity contribution in [1.29, 1.82) is 0 Å². The molecule has 0 fully saturated rings. The van der Waals surface area contributed by atoms with Gasteiger partial charge in [-0.3, -0.25) is 32.5 Å². The number of phosphoric acid groups is 2. The maximum atomic E-state index is 13.1. The van der Waals surface area contributed by atoms with E-state index in [0.717, 1.165) is 167 Å². The summed E-state index contributed by atoms with van der Waals surface area (Å²) in [5, 5.41) is 20.8. The summed E-state index contributed by atoms with van der Waals surface area (Å²) in [5.74, 6) is -1.62. The topological polar surface area (TPSA) is 231 Å². The van der Waals surface area contributed by atoms with E-state index in [-0.39, 0.29) is 19.3 Å². The smallest absolute Gasteiger partial charge is 0.463 e. The van der Waals surface area contributed by atoms with Crippen LogP contribution in [0.5, 0.6) is 0 Å². The summed E-state index contributed by atoms with van der Waals surface area (Å²) in [4.78, 5) is 59.1. The number of phosphoric ester groups is 2. The molecule has 0 aromatic heterocycles. The summed E-state index contributed by atoms with van der Waals surface area (Å²) >= 11 is 0. The molecule has 0 saturated carbocycles. The van der Waals surface area contributed by atoms with Gasteiger partial charge in [-0.25, -0.2) is 9.13 Å². The number of hydrogen-bond acceptors (Lipinski definition) is 14. The molecule has 0 rings (SSSR count). The first-order valence-electron chi connectivity index (χ1n) is 49.4. The van der Waals surface area contributed by atoms with Gasteiger partial charge in [-0.2, -0.15) is 0 Å². The van der Waals surface area contributed by atoms with Gasteiger partial charge >= 0.3 is 33.6 Å². The number of ether oxygens (including phenoxy) is 3. The Morgan fingerprint density at radius 1 is 0.224 bits per heavy atom. The Labute approximate surface area is 762 Å². The zero-order valence-corrected chi connectivity index (χ0v) is 80.5. The summed E-state index contributed by atoms with van der Waals surface area (Å²) in [6.07, 6.45) is 132. The van der Waals surface area contributed by atoms with Crippen LogP contribution in [0.3, 0.4) is 0 Å². The van der Waals surface area contributed by atoms with E-state index >= 15 is 0 Å². The SMILES string of the molecule is CC/C=C\C/C=C\C/C=C\C/C=C\C/C=C\C/C=C\CCCCCCCCCCCCCCCCC(=O)OCC(COP(=O)(O)OCC(O)COP(=O)(O)OCC(O)COC(=O)CCCCCCCCCCCCCCCCCCCCC/C=C\C/C=C\C/C=C\C/C=C\C/C=C\CC)OC(=O)CCCC/C=C\C/C=C\C/C=C\C/C=C\C/C=C\C/C=C\CC. The molecule has 0 bridgehead atoms. The van der Waals surface area contributed by atoms with E-state index in [1.54, 1.807) is 0 Å². The molecule has 0 aliphatic carbocycles. The van der Waals surface area contributed by atoms with E-state index in [4.69, 9.17) is 32.3 Å². The molecule has 125 heavy (non-hydrogen) atoms. The molecule has 0 radical (unpaired) electrons. The maximum Gasteiger partial charge on any atom is 0.472 e. The number of aliphatic hydroxyl groups is 2. The van der Waals surface area contributed by atoms with Crippen molar-refractivity contribution in [2.45, 2.75) is 411 Å². The molecule has 5 atom stereocenters. The highest BCUT2D eigenvalue weighted by molar-refractivity contribution is 7.47. The number of carbonyl (C=O) groups excluding carboxylic acids is 3. The Kier molecular flexibility index (Phi) is 92.6. The second kappa shape index (κ2) is 97.2. The predicted octanol–water partition coefficient (Wildman–Crippen LogP) is 31.1. The van der Waals surface area contributed by atoms with E-state index in [1.165, 1.54) is 161 Å². The average Bonchev–Trinajstić information content (AvgIpc) is 0.994. The molecule has 0 aromatic rings. The zero-order valence-electron chi connectivity index (χ0n) is 78.7. The van der Waals surface area contributed by atoms with Crippen LogP contribution in [0.2, 0.25) is 0 Å². The van der Waals surface area contributed by atoms with Gasteiger partial charge in [-0.1, -0.05) is 414 Å². The quantitative estimate of drug-likeness (QED) is 0.0146. The number of carbonyl (C=O) groups is 3. The molecule has 0 aliphatic rings. The van der Waals surface area contributed by atoms with Crippen LogP contribution in [0.4, 0.5) is 0 Å². The number of rotatable bonds is 92. The maximum absolute atomic E-state index is 13.1. The second-order valence-corrected chi connectivity index (χ2v) is 35.3. The summed E-state index contributed by atoms with van der Waals surface area (Å²) in [5.41, 5.74) is 0. The molecule has 5 unspecified atom stereocenters. The van der Waals surface area contributed by atoms with Gasteiger partial charge in [0.2, 0.25) is 0 Å². The van der Waals surface area contributed by atoms with Crippen LogP contribution in [0.15, 0.2) is 207 Å². The minimum atomic E-state index is -4.96. The first-order chi connectivity index (χ1) is 61.2. The number of aliphatic hydroxyl groups excluding tert-OH is 2. The minimum absolute atomic E-state index is 0.0439. The molecular weight excluding hydrogens is 1600 g/mol. The first kappa shape index (κ1) is 119. The molecule has 0 amide bonds. The molecule has 16 nitrogen and oxygen atoms in total. The number of allylic oxidation sites excluding steroid dienone is 34. The van der Waals surface area contributed by atoms with Crippen molar-refractivity contribution in [2.75, 3.05) is 39.6 Å². The highest BCUT2D eigenvalue weighted by Crippen LogP contribution is 2.45. The Balaban J connectivity index is 4.56. The van der Waals surface area contributed by atoms with Gasteiger partial charge in [0.1, 0.15) is 25.4 Å². The fourth-order valence-electron chi connectivity index (χ4n) is 13.1. The van der Waals surface area contributed by atoms with Gasteiger partial charge in [-0.05, 0) is 167 Å². The van der Waals surface area contributed by atoms with Crippen molar-refractivity contribution < 1.29 is 75.8 Å². The first-order valence-corrected chi connectivity index (χ1v) is 52.4.